The highest BCUT2D eigenvalue weighted by molar-refractivity contribution is 6.17. The van der Waals surface area contributed by atoms with E-state index in [2.05, 4.69) is 0 Å². The van der Waals surface area contributed by atoms with Crippen molar-refractivity contribution >= 4 is 35.5 Å². The molecule has 0 aromatic rings. The SMILES string of the molecule is CC(=O)OC[C@H]1O[C@@H](OCCCl)[C@H](OC(C)=O)[C@@H](OC(C)=O)[C@H]1OC(C)=O. The number of esters is 4. The minimum atomic E-state index is -1.25. The fraction of sp³-hybridized carbons (Fsp3) is 0.750. The zero-order chi connectivity index (χ0) is 20.6. The summed E-state index contributed by atoms with van der Waals surface area (Å²) in [7, 11) is 0. The zero-order valence-electron chi connectivity index (χ0n) is 15.5. The Morgan fingerprint density at radius 3 is 1.81 bits per heavy atom. The van der Waals surface area contributed by atoms with Gasteiger partial charge in [-0.25, -0.2) is 0 Å². The van der Waals surface area contributed by atoms with Gasteiger partial charge < -0.3 is 28.4 Å². The maximum Gasteiger partial charge on any atom is 0.303 e. The van der Waals surface area contributed by atoms with E-state index in [1.807, 2.05) is 0 Å². The molecule has 0 radical (unpaired) electrons. The Morgan fingerprint density at radius 2 is 1.33 bits per heavy atom. The Bertz CT molecular complexity index is 551. The number of carbonyl (C=O) groups is 4. The lowest BCUT2D eigenvalue weighted by atomic mass is 9.98. The van der Waals surface area contributed by atoms with Gasteiger partial charge in [-0.15, -0.1) is 11.6 Å². The molecule has 5 atom stereocenters. The number of halogens is 1. The summed E-state index contributed by atoms with van der Waals surface area (Å²) in [6, 6.07) is 0. The van der Waals surface area contributed by atoms with Crippen molar-refractivity contribution in [3.63, 3.8) is 0 Å². The highest BCUT2D eigenvalue weighted by atomic mass is 35.5. The molecular weight excluding hydrogens is 388 g/mol. The molecule has 0 saturated carbocycles. The predicted molar refractivity (Wildman–Crippen MR) is 88.6 cm³/mol. The summed E-state index contributed by atoms with van der Waals surface area (Å²) in [5.41, 5.74) is 0. The molecule has 10 nitrogen and oxygen atoms in total. The van der Waals surface area contributed by atoms with Crippen LogP contribution < -0.4 is 0 Å². The van der Waals surface area contributed by atoms with E-state index in [1.165, 1.54) is 6.92 Å². The number of rotatable bonds is 8. The standard InChI is InChI=1S/C16H23ClO10/c1-8(18)23-7-12-13(24-9(2)19)14(25-10(3)20)15(26-11(4)21)16(27-12)22-6-5-17/h12-16H,5-7H2,1-4H3/t12-,13+,14+,15-,16-/m1/s1. The van der Waals surface area contributed by atoms with Gasteiger partial charge in [0.1, 0.15) is 12.7 Å². The molecule has 0 N–H and O–H groups in total. The van der Waals surface area contributed by atoms with Gasteiger partial charge in [-0.2, -0.15) is 0 Å². The van der Waals surface area contributed by atoms with Crippen molar-refractivity contribution < 1.29 is 47.6 Å². The number of alkyl halides is 1. The average Bonchev–Trinajstić information content (AvgIpc) is 2.54. The van der Waals surface area contributed by atoms with Crippen molar-refractivity contribution in [2.24, 2.45) is 0 Å². The lowest BCUT2D eigenvalue weighted by Crippen LogP contribution is -2.63. The van der Waals surface area contributed by atoms with Crippen LogP contribution in [-0.4, -0.2) is 73.7 Å². The monoisotopic (exact) mass is 410 g/mol. The molecular formula is C16H23ClO10. The van der Waals surface area contributed by atoms with E-state index in [-0.39, 0.29) is 19.1 Å². The van der Waals surface area contributed by atoms with E-state index in [1.54, 1.807) is 0 Å². The smallest absolute Gasteiger partial charge is 0.303 e. The van der Waals surface area contributed by atoms with Gasteiger partial charge in [0.05, 0.1) is 6.61 Å². The van der Waals surface area contributed by atoms with E-state index < -0.39 is 54.6 Å². The van der Waals surface area contributed by atoms with Crippen LogP contribution >= 0.6 is 11.6 Å². The van der Waals surface area contributed by atoms with Crippen LogP contribution in [0.25, 0.3) is 0 Å². The Kier molecular flexibility index (Phi) is 9.47. The van der Waals surface area contributed by atoms with Gasteiger partial charge in [-0.3, -0.25) is 19.2 Å². The minimum absolute atomic E-state index is 0.0370. The third-order valence-electron chi connectivity index (χ3n) is 3.31. The quantitative estimate of drug-likeness (QED) is 0.314. The van der Waals surface area contributed by atoms with E-state index >= 15 is 0 Å². The summed E-state index contributed by atoms with van der Waals surface area (Å²) in [5.74, 6) is -2.58. The van der Waals surface area contributed by atoms with Crippen molar-refractivity contribution in [2.75, 3.05) is 19.1 Å². The normalized spacial score (nSPS) is 27.4. The second-order valence-electron chi connectivity index (χ2n) is 5.63. The molecule has 1 rings (SSSR count). The molecule has 0 aromatic heterocycles. The highest BCUT2D eigenvalue weighted by Crippen LogP contribution is 2.29. The van der Waals surface area contributed by atoms with Crippen LogP contribution in [0.5, 0.6) is 0 Å². The summed E-state index contributed by atoms with van der Waals surface area (Å²) in [6.07, 6.45) is -5.90. The summed E-state index contributed by atoms with van der Waals surface area (Å²) in [6.45, 7) is 4.35. The summed E-state index contributed by atoms with van der Waals surface area (Å²) in [4.78, 5) is 45.8. The second kappa shape index (κ2) is 11.1. The molecule has 0 bridgehead atoms. The van der Waals surface area contributed by atoms with Crippen molar-refractivity contribution in [2.45, 2.75) is 58.4 Å². The molecule has 0 aliphatic carbocycles. The van der Waals surface area contributed by atoms with Crippen LogP contribution in [0.2, 0.25) is 0 Å². The molecule has 154 valence electrons. The molecule has 1 aliphatic heterocycles. The van der Waals surface area contributed by atoms with Gasteiger partial charge in [0, 0.05) is 33.6 Å². The van der Waals surface area contributed by atoms with Crippen LogP contribution in [0.3, 0.4) is 0 Å². The highest BCUT2D eigenvalue weighted by Gasteiger charge is 2.52. The summed E-state index contributed by atoms with van der Waals surface area (Å²) < 4.78 is 31.7. The largest absolute Gasteiger partial charge is 0.463 e. The third-order valence-corrected chi connectivity index (χ3v) is 3.46. The van der Waals surface area contributed by atoms with Crippen molar-refractivity contribution in [1.29, 1.82) is 0 Å². The number of hydrogen-bond donors (Lipinski definition) is 0. The molecule has 1 fully saturated rings. The van der Waals surface area contributed by atoms with Gasteiger partial charge in [-0.05, 0) is 0 Å². The lowest BCUT2D eigenvalue weighted by molar-refractivity contribution is -0.307. The Balaban J connectivity index is 3.22. The van der Waals surface area contributed by atoms with Gasteiger partial charge in [-0.1, -0.05) is 0 Å². The number of carbonyl (C=O) groups excluding carboxylic acids is 4. The minimum Gasteiger partial charge on any atom is -0.463 e. The van der Waals surface area contributed by atoms with Crippen molar-refractivity contribution in [3.8, 4) is 0 Å². The van der Waals surface area contributed by atoms with Gasteiger partial charge >= 0.3 is 23.9 Å². The molecule has 0 amide bonds. The maximum atomic E-state index is 11.6. The molecule has 1 saturated heterocycles. The van der Waals surface area contributed by atoms with Gasteiger partial charge in [0.2, 0.25) is 0 Å². The number of ether oxygens (including phenoxy) is 6. The molecule has 11 heteroatoms. The summed E-state index contributed by atoms with van der Waals surface area (Å²) in [5, 5.41) is 0. The van der Waals surface area contributed by atoms with E-state index in [0.717, 1.165) is 20.8 Å². The first-order valence-electron chi connectivity index (χ1n) is 8.13. The Hall–Kier alpha value is -1.91. The summed E-state index contributed by atoms with van der Waals surface area (Å²) >= 11 is 5.62. The van der Waals surface area contributed by atoms with Crippen molar-refractivity contribution in [1.82, 2.24) is 0 Å². The molecule has 1 aliphatic rings. The third kappa shape index (κ3) is 7.69. The first-order valence-corrected chi connectivity index (χ1v) is 8.67. The van der Waals surface area contributed by atoms with E-state index in [0.29, 0.717) is 0 Å². The molecule has 1 heterocycles. The van der Waals surface area contributed by atoms with Crippen LogP contribution in [0.1, 0.15) is 27.7 Å². The van der Waals surface area contributed by atoms with Crippen LogP contribution in [0.15, 0.2) is 0 Å². The first-order chi connectivity index (χ1) is 12.6. The van der Waals surface area contributed by atoms with Crippen LogP contribution in [0.4, 0.5) is 0 Å². The van der Waals surface area contributed by atoms with Gasteiger partial charge in [0.15, 0.2) is 24.6 Å². The lowest BCUT2D eigenvalue weighted by Gasteiger charge is -2.44. The van der Waals surface area contributed by atoms with Gasteiger partial charge in [0.25, 0.3) is 0 Å². The number of hydrogen-bond acceptors (Lipinski definition) is 10. The zero-order valence-corrected chi connectivity index (χ0v) is 16.2. The Morgan fingerprint density at radius 1 is 0.815 bits per heavy atom. The topological polar surface area (TPSA) is 124 Å². The fourth-order valence-electron chi connectivity index (χ4n) is 2.48. The van der Waals surface area contributed by atoms with E-state index in [9.17, 15) is 19.2 Å². The maximum absolute atomic E-state index is 11.6. The molecule has 0 aromatic carbocycles. The van der Waals surface area contributed by atoms with E-state index in [4.69, 9.17) is 40.0 Å². The molecule has 0 unspecified atom stereocenters. The predicted octanol–water partition coefficient (Wildman–Crippen LogP) is 0.325. The fourth-order valence-corrected chi connectivity index (χ4v) is 2.57. The van der Waals surface area contributed by atoms with Crippen LogP contribution in [-0.2, 0) is 47.6 Å². The Labute approximate surface area is 161 Å². The van der Waals surface area contributed by atoms with Crippen LogP contribution in [0, 0.1) is 0 Å². The molecule has 27 heavy (non-hydrogen) atoms. The first kappa shape index (κ1) is 23.1. The van der Waals surface area contributed by atoms with Crippen molar-refractivity contribution in [3.05, 3.63) is 0 Å². The average molecular weight is 411 g/mol. The second-order valence-corrected chi connectivity index (χ2v) is 6.01. The molecule has 0 spiro atoms.